The highest BCUT2D eigenvalue weighted by Gasteiger charge is 2.24. The first kappa shape index (κ1) is 28.0. The van der Waals surface area contributed by atoms with Gasteiger partial charge in [-0.2, -0.15) is 0 Å². The standard InChI is InChI=1S/C27H24Cl4N4O3/c28-18-3-1-2-15(10-18)14-34-25(36)17-12-21(30)24(22(31)13-17)26(37)32-8-9-33-27(38)35-23-7-4-16-11-19(29)5-6-20(16)23/h1-3,5-6,10-13,23H,4,7-9,14H2,(H,32,37)(H,34,36)(H2,33,35,38)/t23-/m1/s1. The molecule has 0 spiro atoms. The Bertz CT molecular complexity index is 1360. The van der Waals surface area contributed by atoms with E-state index in [1.165, 1.54) is 12.1 Å². The summed E-state index contributed by atoms with van der Waals surface area (Å²) in [4.78, 5) is 37.5. The van der Waals surface area contributed by atoms with E-state index in [1.807, 2.05) is 24.3 Å². The molecular formula is C27H24Cl4N4O3. The molecule has 0 saturated heterocycles. The van der Waals surface area contributed by atoms with E-state index in [4.69, 9.17) is 46.4 Å². The van der Waals surface area contributed by atoms with Crippen molar-refractivity contribution >= 4 is 64.2 Å². The number of rotatable bonds is 8. The molecule has 7 nitrogen and oxygen atoms in total. The number of carbonyl (C=O) groups is 3. The van der Waals surface area contributed by atoms with Crippen LogP contribution in [-0.2, 0) is 13.0 Å². The van der Waals surface area contributed by atoms with E-state index in [2.05, 4.69) is 21.3 Å². The van der Waals surface area contributed by atoms with Crippen molar-refractivity contribution < 1.29 is 14.4 Å². The summed E-state index contributed by atoms with van der Waals surface area (Å²) >= 11 is 24.6. The van der Waals surface area contributed by atoms with Gasteiger partial charge in [0.1, 0.15) is 0 Å². The van der Waals surface area contributed by atoms with Crippen molar-refractivity contribution in [2.75, 3.05) is 13.1 Å². The van der Waals surface area contributed by atoms with Crippen LogP contribution in [-0.4, -0.2) is 30.9 Å². The van der Waals surface area contributed by atoms with Gasteiger partial charge < -0.3 is 21.3 Å². The van der Waals surface area contributed by atoms with Crippen LogP contribution >= 0.6 is 46.4 Å². The van der Waals surface area contributed by atoms with Gasteiger partial charge in [-0.05, 0) is 65.9 Å². The molecule has 11 heteroatoms. The van der Waals surface area contributed by atoms with E-state index in [-0.39, 0.29) is 52.9 Å². The summed E-state index contributed by atoms with van der Waals surface area (Å²) in [5.74, 6) is -0.918. The van der Waals surface area contributed by atoms with Gasteiger partial charge in [0.2, 0.25) is 0 Å². The molecule has 198 valence electrons. The summed E-state index contributed by atoms with van der Waals surface area (Å²) in [6.45, 7) is 0.605. The maximum Gasteiger partial charge on any atom is 0.315 e. The Kier molecular flexibility index (Phi) is 9.39. The molecule has 4 rings (SSSR count). The topological polar surface area (TPSA) is 99.3 Å². The van der Waals surface area contributed by atoms with E-state index < -0.39 is 11.8 Å². The van der Waals surface area contributed by atoms with Crippen molar-refractivity contribution in [1.82, 2.24) is 21.3 Å². The maximum atomic E-state index is 12.7. The monoisotopic (exact) mass is 592 g/mol. The van der Waals surface area contributed by atoms with Crippen molar-refractivity contribution in [3.63, 3.8) is 0 Å². The van der Waals surface area contributed by atoms with E-state index in [0.29, 0.717) is 10.0 Å². The van der Waals surface area contributed by atoms with Crippen LogP contribution in [0.3, 0.4) is 0 Å². The predicted molar refractivity (Wildman–Crippen MR) is 150 cm³/mol. The molecule has 0 unspecified atom stereocenters. The molecule has 0 aliphatic heterocycles. The van der Waals surface area contributed by atoms with Gasteiger partial charge in [0, 0.05) is 35.2 Å². The van der Waals surface area contributed by atoms with Crippen molar-refractivity contribution in [2.45, 2.75) is 25.4 Å². The van der Waals surface area contributed by atoms with E-state index in [1.54, 1.807) is 18.2 Å². The van der Waals surface area contributed by atoms with E-state index in [9.17, 15) is 14.4 Å². The Morgan fingerprint density at radius 1 is 0.789 bits per heavy atom. The number of aryl methyl sites for hydroxylation is 1. The number of amides is 4. The lowest BCUT2D eigenvalue weighted by atomic mass is 10.1. The number of benzene rings is 3. The van der Waals surface area contributed by atoms with Gasteiger partial charge >= 0.3 is 6.03 Å². The number of hydrogen-bond acceptors (Lipinski definition) is 3. The molecule has 0 heterocycles. The second kappa shape index (κ2) is 12.7. The minimum absolute atomic E-state index is 0.0357. The molecule has 3 aromatic carbocycles. The third-order valence-corrected chi connectivity index (χ3v) is 7.12. The molecule has 4 amide bonds. The second-order valence-corrected chi connectivity index (χ2v) is 10.4. The SMILES string of the molecule is O=C(NCCNC(=O)c1c(Cl)cc(C(=O)NCc2cccc(Cl)c2)cc1Cl)N[C@@H]1CCc2cc(Cl)ccc21. The Balaban J connectivity index is 1.24. The molecule has 0 aromatic heterocycles. The van der Waals surface area contributed by atoms with Crippen molar-refractivity contribution in [2.24, 2.45) is 0 Å². The summed E-state index contributed by atoms with van der Waals surface area (Å²) in [7, 11) is 0. The summed E-state index contributed by atoms with van der Waals surface area (Å²) in [5.41, 5.74) is 3.29. The summed E-state index contributed by atoms with van der Waals surface area (Å²) in [6, 6.07) is 15.1. The summed E-state index contributed by atoms with van der Waals surface area (Å²) in [5, 5.41) is 12.4. The van der Waals surface area contributed by atoms with Crippen molar-refractivity contribution in [1.29, 1.82) is 0 Å². The molecule has 38 heavy (non-hydrogen) atoms. The molecule has 4 N–H and O–H groups in total. The highest BCUT2D eigenvalue weighted by molar-refractivity contribution is 6.40. The first-order valence-electron chi connectivity index (χ1n) is 11.8. The van der Waals surface area contributed by atoms with Gasteiger partial charge in [-0.3, -0.25) is 9.59 Å². The second-order valence-electron chi connectivity index (χ2n) is 8.72. The number of fused-ring (bicyclic) bond motifs is 1. The van der Waals surface area contributed by atoms with Crippen LogP contribution in [0.5, 0.6) is 0 Å². The largest absolute Gasteiger partial charge is 0.350 e. The zero-order chi connectivity index (χ0) is 27.2. The van der Waals surface area contributed by atoms with Crippen LogP contribution in [0.2, 0.25) is 20.1 Å². The van der Waals surface area contributed by atoms with Gasteiger partial charge in [0.25, 0.3) is 11.8 Å². The van der Waals surface area contributed by atoms with Crippen LogP contribution in [0.25, 0.3) is 0 Å². The first-order chi connectivity index (χ1) is 18.2. The zero-order valence-corrected chi connectivity index (χ0v) is 23.1. The maximum absolute atomic E-state index is 12.7. The normalized spacial score (nSPS) is 13.9. The molecule has 1 aliphatic rings. The number of carbonyl (C=O) groups excluding carboxylic acids is 3. The molecule has 1 aliphatic carbocycles. The fourth-order valence-corrected chi connectivity index (χ4v) is 5.30. The highest BCUT2D eigenvalue weighted by Crippen LogP contribution is 2.32. The van der Waals surface area contributed by atoms with Gasteiger partial charge in [-0.1, -0.05) is 64.6 Å². The number of halogens is 4. The molecule has 0 fully saturated rings. The minimum Gasteiger partial charge on any atom is -0.350 e. The average molecular weight is 594 g/mol. The Labute approximate surface area is 240 Å². The number of nitrogens with one attached hydrogen (secondary N) is 4. The van der Waals surface area contributed by atoms with Crippen LogP contribution in [0, 0.1) is 0 Å². The molecule has 0 saturated carbocycles. The van der Waals surface area contributed by atoms with Gasteiger partial charge in [0.05, 0.1) is 21.7 Å². The van der Waals surface area contributed by atoms with E-state index in [0.717, 1.165) is 29.5 Å². The van der Waals surface area contributed by atoms with Gasteiger partial charge in [0.15, 0.2) is 0 Å². The minimum atomic E-state index is -0.519. The van der Waals surface area contributed by atoms with Crippen LogP contribution in [0.1, 0.15) is 49.9 Å². The smallest absolute Gasteiger partial charge is 0.315 e. The zero-order valence-electron chi connectivity index (χ0n) is 20.0. The summed E-state index contributed by atoms with van der Waals surface area (Å²) in [6.07, 6.45) is 1.65. The Hall–Kier alpha value is -2.97. The fourth-order valence-electron chi connectivity index (χ4n) is 4.24. The average Bonchev–Trinajstić information content (AvgIpc) is 3.26. The highest BCUT2D eigenvalue weighted by atomic mass is 35.5. The van der Waals surface area contributed by atoms with Gasteiger partial charge in [-0.15, -0.1) is 0 Å². The quantitative estimate of drug-likeness (QED) is 0.243. The Morgan fingerprint density at radius 2 is 1.50 bits per heavy atom. The third kappa shape index (κ3) is 7.11. The van der Waals surface area contributed by atoms with Crippen molar-refractivity contribution in [3.8, 4) is 0 Å². The molecule has 0 bridgehead atoms. The van der Waals surface area contributed by atoms with Crippen LogP contribution in [0.4, 0.5) is 4.79 Å². The molecule has 1 atom stereocenters. The lowest BCUT2D eigenvalue weighted by Gasteiger charge is -2.15. The van der Waals surface area contributed by atoms with Crippen LogP contribution < -0.4 is 21.3 Å². The third-order valence-electron chi connectivity index (χ3n) is 6.06. The summed E-state index contributed by atoms with van der Waals surface area (Å²) < 4.78 is 0. The first-order valence-corrected chi connectivity index (χ1v) is 13.3. The predicted octanol–water partition coefficient (Wildman–Crippen LogP) is 5.95. The number of urea groups is 1. The van der Waals surface area contributed by atoms with E-state index >= 15 is 0 Å². The molecule has 0 radical (unpaired) electrons. The van der Waals surface area contributed by atoms with Crippen molar-refractivity contribution in [3.05, 3.63) is 103 Å². The fraction of sp³-hybridized carbons (Fsp3) is 0.222. The number of hydrogen-bond donors (Lipinski definition) is 4. The Morgan fingerprint density at radius 3 is 2.24 bits per heavy atom. The molecule has 3 aromatic rings. The molecular weight excluding hydrogens is 570 g/mol. The lowest BCUT2D eigenvalue weighted by Crippen LogP contribution is -2.41. The van der Waals surface area contributed by atoms with Crippen LogP contribution in [0.15, 0.2) is 54.6 Å². The van der Waals surface area contributed by atoms with Gasteiger partial charge in [-0.25, -0.2) is 4.79 Å². The lowest BCUT2D eigenvalue weighted by molar-refractivity contribution is 0.0940.